The highest BCUT2D eigenvalue weighted by molar-refractivity contribution is 5.98. The van der Waals surface area contributed by atoms with Crippen LogP contribution in [0.5, 0.6) is 0 Å². The fraction of sp³-hybridized carbons (Fsp3) is 0.222. The molecule has 0 atom stereocenters. The summed E-state index contributed by atoms with van der Waals surface area (Å²) in [7, 11) is 3.32. The first-order chi connectivity index (χ1) is 6.04. The normalized spacial score (nSPS) is 9.77. The molecule has 0 radical (unpaired) electrons. The van der Waals surface area contributed by atoms with Gasteiger partial charge in [0.15, 0.2) is 0 Å². The Morgan fingerprint density at radius 1 is 1.46 bits per heavy atom. The second-order valence-electron chi connectivity index (χ2n) is 2.89. The highest BCUT2D eigenvalue weighted by atomic mass is 19.1. The number of anilines is 1. The van der Waals surface area contributed by atoms with Crippen LogP contribution in [0.4, 0.5) is 10.1 Å². The van der Waals surface area contributed by atoms with Crippen LogP contribution < -0.4 is 10.6 Å². The van der Waals surface area contributed by atoms with Gasteiger partial charge < -0.3 is 10.6 Å². The number of carbonyl (C=O) groups excluding carboxylic acids is 1. The standard InChI is InChI=1S/C9H11FN2O/c1-12(2)8-6(9(11)13)4-3-5-7(8)10/h3-5H,1-2H3,(H2,11,13). The number of carbonyl (C=O) groups is 1. The largest absolute Gasteiger partial charge is 0.375 e. The molecule has 70 valence electrons. The number of amides is 1. The van der Waals surface area contributed by atoms with Crippen LogP contribution in [0, 0.1) is 5.82 Å². The van der Waals surface area contributed by atoms with E-state index in [1.807, 2.05) is 0 Å². The van der Waals surface area contributed by atoms with E-state index in [9.17, 15) is 9.18 Å². The summed E-state index contributed by atoms with van der Waals surface area (Å²) >= 11 is 0. The summed E-state index contributed by atoms with van der Waals surface area (Å²) < 4.78 is 13.2. The molecular weight excluding hydrogens is 171 g/mol. The third-order valence-electron chi connectivity index (χ3n) is 1.70. The van der Waals surface area contributed by atoms with Crippen LogP contribution in [0.3, 0.4) is 0 Å². The van der Waals surface area contributed by atoms with Gasteiger partial charge in [0.2, 0.25) is 0 Å². The highest BCUT2D eigenvalue weighted by Gasteiger charge is 2.13. The molecule has 2 N–H and O–H groups in total. The Morgan fingerprint density at radius 3 is 2.46 bits per heavy atom. The van der Waals surface area contributed by atoms with E-state index in [0.717, 1.165) is 0 Å². The van der Waals surface area contributed by atoms with Crippen LogP contribution in [0.1, 0.15) is 10.4 Å². The zero-order valence-corrected chi connectivity index (χ0v) is 7.54. The molecule has 1 amide bonds. The van der Waals surface area contributed by atoms with Gasteiger partial charge in [0, 0.05) is 14.1 Å². The van der Waals surface area contributed by atoms with Crippen molar-refractivity contribution in [1.82, 2.24) is 0 Å². The fourth-order valence-electron chi connectivity index (χ4n) is 1.17. The number of benzene rings is 1. The number of nitrogens with two attached hydrogens (primary N) is 1. The molecule has 0 saturated heterocycles. The van der Waals surface area contributed by atoms with E-state index in [1.165, 1.54) is 23.1 Å². The van der Waals surface area contributed by atoms with Crippen LogP contribution in [0.2, 0.25) is 0 Å². The van der Waals surface area contributed by atoms with Crippen molar-refractivity contribution < 1.29 is 9.18 Å². The van der Waals surface area contributed by atoms with E-state index in [0.29, 0.717) is 0 Å². The van der Waals surface area contributed by atoms with Gasteiger partial charge in [-0.15, -0.1) is 0 Å². The van der Waals surface area contributed by atoms with Crippen LogP contribution in [0.15, 0.2) is 18.2 Å². The lowest BCUT2D eigenvalue weighted by atomic mass is 10.1. The topological polar surface area (TPSA) is 46.3 Å². The molecule has 0 aliphatic carbocycles. The van der Waals surface area contributed by atoms with Crippen LogP contribution in [-0.2, 0) is 0 Å². The van der Waals surface area contributed by atoms with E-state index in [-0.39, 0.29) is 11.3 Å². The summed E-state index contributed by atoms with van der Waals surface area (Å²) in [4.78, 5) is 12.4. The molecule has 4 heteroatoms. The molecule has 0 aliphatic rings. The molecule has 1 rings (SSSR count). The number of primary amides is 1. The fourth-order valence-corrected chi connectivity index (χ4v) is 1.17. The van der Waals surface area contributed by atoms with Crippen molar-refractivity contribution in [1.29, 1.82) is 0 Å². The Morgan fingerprint density at radius 2 is 2.08 bits per heavy atom. The minimum atomic E-state index is -0.622. The number of nitrogens with zero attached hydrogens (tertiary/aromatic N) is 1. The summed E-state index contributed by atoms with van der Waals surface area (Å²) in [6, 6.07) is 4.25. The van der Waals surface area contributed by atoms with Crippen molar-refractivity contribution in [2.24, 2.45) is 5.73 Å². The monoisotopic (exact) mass is 182 g/mol. The first-order valence-electron chi connectivity index (χ1n) is 3.79. The van der Waals surface area contributed by atoms with E-state index in [2.05, 4.69) is 0 Å². The van der Waals surface area contributed by atoms with Crippen LogP contribution >= 0.6 is 0 Å². The first kappa shape index (κ1) is 9.51. The zero-order valence-electron chi connectivity index (χ0n) is 7.54. The van der Waals surface area contributed by atoms with E-state index in [1.54, 1.807) is 14.1 Å². The summed E-state index contributed by atoms with van der Waals surface area (Å²) in [5.41, 5.74) is 5.52. The SMILES string of the molecule is CN(C)c1c(F)cccc1C(N)=O. The predicted molar refractivity (Wildman–Crippen MR) is 49.2 cm³/mol. The number of rotatable bonds is 2. The van der Waals surface area contributed by atoms with Gasteiger partial charge in [-0.3, -0.25) is 4.79 Å². The van der Waals surface area contributed by atoms with Gasteiger partial charge in [-0.25, -0.2) is 4.39 Å². The Kier molecular flexibility index (Phi) is 2.51. The maximum atomic E-state index is 13.2. The molecule has 0 heterocycles. The van der Waals surface area contributed by atoms with Gasteiger partial charge in [-0.05, 0) is 12.1 Å². The zero-order chi connectivity index (χ0) is 10.0. The minimum absolute atomic E-state index is 0.199. The maximum Gasteiger partial charge on any atom is 0.250 e. The van der Waals surface area contributed by atoms with Gasteiger partial charge >= 0.3 is 0 Å². The molecule has 0 unspecified atom stereocenters. The molecule has 0 bridgehead atoms. The average molecular weight is 182 g/mol. The highest BCUT2D eigenvalue weighted by Crippen LogP contribution is 2.21. The summed E-state index contributed by atoms with van der Waals surface area (Å²) in [5.74, 6) is -1.07. The Bertz CT molecular complexity index is 336. The van der Waals surface area contributed by atoms with Crippen LogP contribution in [0.25, 0.3) is 0 Å². The first-order valence-corrected chi connectivity index (χ1v) is 3.79. The number of para-hydroxylation sites is 1. The molecule has 0 fully saturated rings. The second kappa shape index (κ2) is 3.43. The number of hydrogen-bond donors (Lipinski definition) is 1. The molecule has 13 heavy (non-hydrogen) atoms. The minimum Gasteiger partial charge on any atom is -0.375 e. The number of hydrogen-bond acceptors (Lipinski definition) is 2. The van der Waals surface area contributed by atoms with Gasteiger partial charge in [-0.2, -0.15) is 0 Å². The Balaban J connectivity index is 3.34. The van der Waals surface area contributed by atoms with E-state index >= 15 is 0 Å². The van der Waals surface area contributed by atoms with Crippen molar-refractivity contribution >= 4 is 11.6 Å². The predicted octanol–water partition coefficient (Wildman–Crippen LogP) is 0.991. The molecule has 0 saturated carbocycles. The molecule has 0 aliphatic heterocycles. The number of halogens is 1. The maximum absolute atomic E-state index is 13.2. The Hall–Kier alpha value is -1.58. The molecular formula is C9H11FN2O. The van der Waals surface area contributed by atoms with Crippen molar-refractivity contribution in [3.05, 3.63) is 29.6 Å². The second-order valence-corrected chi connectivity index (χ2v) is 2.89. The third-order valence-corrected chi connectivity index (χ3v) is 1.70. The summed E-state index contributed by atoms with van der Waals surface area (Å²) in [6.45, 7) is 0. The quantitative estimate of drug-likeness (QED) is 0.741. The molecule has 1 aromatic rings. The summed E-state index contributed by atoms with van der Waals surface area (Å²) in [5, 5.41) is 0. The average Bonchev–Trinajstić information content (AvgIpc) is 2.02. The lowest BCUT2D eigenvalue weighted by Gasteiger charge is -2.16. The van der Waals surface area contributed by atoms with Gasteiger partial charge in [0.1, 0.15) is 5.82 Å². The smallest absolute Gasteiger partial charge is 0.250 e. The van der Waals surface area contributed by atoms with Gasteiger partial charge in [-0.1, -0.05) is 6.07 Å². The lowest BCUT2D eigenvalue weighted by Crippen LogP contribution is -2.19. The molecule has 0 spiro atoms. The van der Waals surface area contributed by atoms with Crippen molar-refractivity contribution in [3.8, 4) is 0 Å². The van der Waals surface area contributed by atoms with Crippen LogP contribution in [-0.4, -0.2) is 20.0 Å². The van der Waals surface area contributed by atoms with Gasteiger partial charge in [0.25, 0.3) is 5.91 Å². The van der Waals surface area contributed by atoms with E-state index in [4.69, 9.17) is 5.73 Å². The Labute approximate surface area is 76.0 Å². The van der Waals surface area contributed by atoms with Crippen molar-refractivity contribution in [3.63, 3.8) is 0 Å². The lowest BCUT2D eigenvalue weighted by molar-refractivity contribution is 0.100. The molecule has 0 aromatic heterocycles. The van der Waals surface area contributed by atoms with E-state index < -0.39 is 11.7 Å². The third kappa shape index (κ3) is 1.77. The molecule has 3 nitrogen and oxygen atoms in total. The van der Waals surface area contributed by atoms with Crippen molar-refractivity contribution in [2.45, 2.75) is 0 Å². The van der Waals surface area contributed by atoms with Gasteiger partial charge in [0.05, 0.1) is 11.3 Å². The summed E-state index contributed by atoms with van der Waals surface area (Å²) in [6.07, 6.45) is 0. The molecule has 1 aromatic carbocycles. The van der Waals surface area contributed by atoms with Crippen molar-refractivity contribution in [2.75, 3.05) is 19.0 Å².